The minimum Gasteiger partial charge on any atom is -0.511 e. The summed E-state index contributed by atoms with van der Waals surface area (Å²) in [6.07, 6.45) is 6.20. The van der Waals surface area contributed by atoms with E-state index >= 15 is 0 Å². The maximum atomic E-state index is 13.5. The summed E-state index contributed by atoms with van der Waals surface area (Å²) in [5.74, 6) is 1.74. The van der Waals surface area contributed by atoms with Gasteiger partial charge in [-0.3, -0.25) is 4.90 Å². The fourth-order valence-electron chi connectivity index (χ4n) is 6.16. The smallest absolute Gasteiger partial charge is 0.349 e. The minimum atomic E-state index is -0.803. The number of ether oxygens (including phenoxy) is 4. The predicted octanol–water partition coefficient (Wildman–Crippen LogP) is 4.73. The van der Waals surface area contributed by atoms with Crippen LogP contribution in [0.5, 0.6) is 11.5 Å². The molecule has 2 fully saturated rings. The van der Waals surface area contributed by atoms with E-state index < -0.39 is 11.6 Å². The van der Waals surface area contributed by atoms with Crippen molar-refractivity contribution in [3.05, 3.63) is 39.2 Å². The second-order valence-electron chi connectivity index (χ2n) is 11.0. The number of morpholine rings is 1. The second kappa shape index (κ2) is 13.2. The van der Waals surface area contributed by atoms with Gasteiger partial charge >= 0.3 is 5.97 Å². The zero-order valence-electron chi connectivity index (χ0n) is 24.0. The Bertz CT molecular complexity index is 1270. The number of benzene rings is 1. The van der Waals surface area contributed by atoms with E-state index in [1.807, 2.05) is 17.7 Å². The first-order chi connectivity index (χ1) is 19.8. The van der Waals surface area contributed by atoms with Gasteiger partial charge in [0.1, 0.15) is 33.6 Å². The van der Waals surface area contributed by atoms with Crippen molar-refractivity contribution in [3.8, 4) is 11.5 Å². The molecular formula is C29H39ClN4O6S. The van der Waals surface area contributed by atoms with Crippen LogP contribution < -0.4 is 9.47 Å². The first-order valence-electron chi connectivity index (χ1n) is 14.3. The molecule has 12 heteroatoms. The van der Waals surface area contributed by atoms with Gasteiger partial charge in [-0.05, 0) is 55.0 Å². The molecular weight excluding hydrogens is 568 g/mol. The van der Waals surface area contributed by atoms with Gasteiger partial charge in [-0.25, -0.2) is 4.79 Å². The van der Waals surface area contributed by atoms with Crippen LogP contribution >= 0.6 is 23.4 Å². The number of rotatable bonds is 11. The molecule has 1 aliphatic carbocycles. The summed E-state index contributed by atoms with van der Waals surface area (Å²) in [7, 11) is 5.06. The van der Waals surface area contributed by atoms with Crippen LogP contribution in [-0.2, 0) is 34.2 Å². The van der Waals surface area contributed by atoms with E-state index in [-0.39, 0.29) is 23.0 Å². The number of aliphatic hydroxyl groups excluding tert-OH is 1. The largest absolute Gasteiger partial charge is 0.511 e. The zero-order chi connectivity index (χ0) is 29.0. The lowest BCUT2D eigenvalue weighted by atomic mass is 9.77. The highest BCUT2D eigenvalue weighted by Crippen LogP contribution is 2.48. The second-order valence-corrected chi connectivity index (χ2v) is 12.3. The molecule has 3 aliphatic rings. The van der Waals surface area contributed by atoms with Crippen molar-refractivity contribution >= 4 is 29.3 Å². The molecule has 2 aliphatic heterocycles. The van der Waals surface area contributed by atoms with Crippen molar-refractivity contribution in [3.63, 3.8) is 0 Å². The van der Waals surface area contributed by atoms with Crippen LogP contribution in [0.3, 0.4) is 0 Å². The van der Waals surface area contributed by atoms with E-state index in [9.17, 15) is 9.90 Å². The Labute approximate surface area is 250 Å². The number of hydrogen-bond donors (Lipinski definition) is 1. The van der Waals surface area contributed by atoms with Crippen LogP contribution in [-0.4, -0.2) is 83.4 Å². The predicted molar refractivity (Wildman–Crippen MR) is 156 cm³/mol. The lowest BCUT2D eigenvalue weighted by molar-refractivity contribution is -0.166. The molecule has 1 N–H and O–H groups in total. The van der Waals surface area contributed by atoms with Crippen molar-refractivity contribution in [1.82, 2.24) is 19.7 Å². The molecule has 41 heavy (non-hydrogen) atoms. The Balaban J connectivity index is 1.32. The zero-order valence-corrected chi connectivity index (χ0v) is 25.6. The fraction of sp³-hybridized carbons (Fsp3) is 0.621. The highest BCUT2D eigenvalue weighted by molar-refractivity contribution is 8.03. The van der Waals surface area contributed by atoms with Crippen LogP contribution in [0.15, 0.2) is 28.0 Å². The van der Waals surface area contributed by atoms with Gasteiger partial charge in [-0.15, -0.1) is 10.2 Å². The van der Waals surface area contributed by atoms with Crippen LogP contribution in [0.4, 0.5) is 0 Å². The molecule has 10 nitrogen and oxygen atoms in total. The molecule has 1 atom stereocenters. The summed E-state index contributed by atoms with van der Waals surface area (Å²) in [4.78, 5) is 16.0. The summed E-state index contributed by atoms with van der Waals surface area (Å²) >= 11 is 7.54. The third kappa shape index (κ3) is 6.63. The van der Waals surface area contributed by atoms with Gasteiger partial charge in [0.05, 0.1) is 32.5 Å². The van der Waals surface area contributed by atoms with E-state index in [2.05, 4.69) is 15.1 Å². The number of cyclic esters (lactones) is 1. The van der Waals surface area contributed by atoms with E-state index in [0.29, 0.717) is 34.5 Å². The highest BCUT2D eigenvalue weighted by atomic mass is 35.5. The standard InChI is InChI=1S/C29H39ClN4O6S/c1-33-25(9-11-34-12-14-39-15-13-34)31-32-28(33)41-26-22(35)18-29(40-27(26)36,20-6-4-5-7-20)10-8-19-16-21(30)24(38-3)17-23(19)37-2/h16-17,20,35H,4-15,18H2,1-3H3. The molecule has 224 valence electrons. The highest BCUT2D eigenvalue weighted by Gasteiger charge is 2.48. The quantitative estimate of drug-likeness (QED) is 0.361. The molecule has 0 spiro atoms. The summed E-state index contributed by atoms with van der Waals surface area (Å²) in [5.41, 5.74) is 0.0987. The SMILES string of the molecule is COc1cc(OC)c(CCC2(C3CCCC3)CC(O)=C(Sc3nnc(CCN4CCOCC4)n3C)C(=O)O2)cc1Cl. The summed E-state index contributed by atoms with van der Waals surface area (Å²) in [6, 6.07) is 3.61. The van der Waals surface area contributed by atoms with Crippen LogP contribution in [0.1, 0.15) is 49.9 Å². The molecule has 1 saturated heterocycles. The van der Waals surface area contributed by atoms with Gasteiger partial charge < -0.3 is 28.6 Å². The summed E-state index contributed by atoms with van der Waals surface area (Å²) in [6.45, 7) is 4.18. The first kappa shape index (κ1) is 30.0. The van der Waals surface area contributed by atoms with Crippen molar-refractivity contribution in [1.29, 1.82) is 0 Å². The Kier molecular flexibility index (Phi) is 9.68. The number of carbonyl (C=O) groups excluding carboxylic acids is 1. The Morgan fingerprint density at radius 3 is 2.54 bits per heavy atom. The Morgan fingerprint density at radius 2 is 1.85 bits per heavy atom. The van der Waals surface area contributed by atoms with Gasteiger partial charge in [0.15, 0.2) is 5.16 Å². The number of aromatic nitrogens is 3. The number of aryl methyl sites for hydroxylation is 1. The number of thioether (sulfide) groups is 1. The number of carbonyl (C=O) groups is 1. The maximum absolute atomic E-state index is 13.5. The molecule has 0 radical (unpaired) electrons. The Hall–Kier alpha value is -2.47. The topological polar surface area (TPSA) is 108 Å². The molecule has 0 amide bonds. The van der Waals surface area contributed by atoms with Gasteiger partial charge in [0.2, 0.25) is 0 Å². The third-order valence-electron chi connectivity index (χ3n) is 8.56. The molecule has 5 rings (SSSR count). The molecule has 3 heterocycles. The number of nitrogens with zero attached hydrogens (tertiary/aromatic N) is 4. The van der Waals surface area contributed by atoms with E-state index in [1.54, 1.807) is 20.3 Å². The van der Waals surface area contributed by atoms with Gasteiger partial charge in [0.25, 0.3) is 0 Å². The molecule has 1 unspecified atom stereocenters. The summed E-state index contributed by atoms with van der Waals surface area (Å²) < 4.78 is 24.6. The average Bonchev–Trinajstić information content (AvgIpc) is 3.64. The number of methoxy groups -OCH3 is 2. The van der Waals surface area contributed by atoms with Gasteiger partial charge in [-0.1, -0.05) is 24.4 Å². The van der Waals surface area contributed by atoms with Crippen molar-refractivity contribution in [2.45, 2.75) is 62.1 Å². The molecule has 1 aromatic carbocycles. The normalized spacial score (nSPS) is 22.3. The van der Waals surface area contributed by atoms with Crippen molar-refractivity contribution in [2.24, 2.45) is 13.0 Å². The van der Waals surface area contributed by atoms with E-state index in [0.717, 1.165) is 88.1 Å². The number of hydrogen-bond acceptors (Lipinski definition) is 10. The fourth-order valence-corrected chi connectivity index (χ4v) is 7.25. The number of halogens is 1. The maximum Gasteiger partial charge on any atom is 0.349 e. The van der Waals surface area contributed by atoms with Crippen LogP contribution in [0.25, 0.3) is 0 Å². The first-order valence-corrected chi connectivity index (χ1v) is 15.4. The molecule has 2 aromatic rings. The summed E-state index contributed by atoms with van der Waals surface area (Å²) in [5, 5.41) is 21.0. The monoisotopic (exact) mass is 606 g/mol. The van der Waals surface area contributed by atoms with E-state index in [4.69, 9.17) is 30.5 Å². The van der Waals surface area contributed by atoms with Gasteiger partial charge in [-0.2, -0.15) is 0 Å². The third-order valence-corrected chi connectivity index (χ3v) is 10.00. The molecule has 1 aromatic heterocycles. The lowest BCUT2D eigenvalue weighted by Crippen LogP contribution is -2.45. The number of aliphatic hydroxyl groups is 1. The number of esters is 1. The Morgan fingerprint density at radius 1 is 1.12 bits per heavy atom. The van der Waals surface area contributed by atoms with E-state index in [1.165, 1.54) is 0 Å². The van der Waals surface area contributed by atoms with Crippen LogP contribution in [0.2, 0.25) is 5.02 Å². The molecule has 1 saturated carbocycles. The molecule has 0 bridgehead atoms. The van der Waals surface area contributed by atoms with Crippen LogP contribution in [0, 0.1) is 5.92 Å². The van der Waals surface area contributed by atoms with Gasteiger partial charge in [0, 0.05) is 45.6 Å². The lowest BCUT2D eigenvalue weighted by Gasteiger charge is -2.41. The van der Waals surface area contributed by atoms with Crippen molar-refractivity contribution in [2.75, 3.05) is 47.1 Å². The van der Waals surface area contributed by atoms with Crippen molar-refractivity contribution < 1.29 is 28.8 Å². The minimum absolute atomic E-state index is 0.0516. The average molecular weight is 607 g/mol.